The summed E-state index contributed by atoms with van der Waals surface area (Å²) in [4.78, 5) is 0. The number of ether oxygens (including phenoxy) is 1. The Morgan fingerprint density at radius 3 is 2.31 bits per heavy atom. The Hall–Kier alpha value is -0.820. The highest BCUT2D eigenvalue weighted by Gasteiger charge is 2.35. The van der Waals surface area contributed by atoms with Gasteiger partial charge in [0.25, 0.3) is 0 Å². The van der Waals surface area contributed by atoms with Gasteiger partial charge in [0, 0.05) is 7.11 Å². The van der Waals surface area contributed by atoms with Crippen LogP contribution >= 0.6 is 0 Å². The molecule has 0 saturated heterocycles. The molecule has 0 spiro atoms. The minimum absolute atomic E-state index is 0.413. The number of benzene rings is 1. The largest absolute Gasteiger partial charge is 0.381 e. The van der Waals surface area contributed by atoms with Crippen LogP contribution in [0.15, 0.2) is 30.3 Å². The fraction of sp³-hybridized carbons (Fsp3) is 0.600. The Morgan fingerprint density at radius 2 is 1.81 bits per heavy atom. The van der Waals surface area contributed by atoms with Crippen molar-refractivity contribution in [3.8, 4) is 0 Å². The molecule has 2 rings (SSSR count). The molecule has 0 atom stereocenters. The van der Waals surface area contributed by atoms with Crippen molar-refractivity contribution in [2.75, 3.05) is 7.11 Å². The standard InChI is InChI=1S/C15H22O/c1-3-15(13-7-5-4-6-8-13)11-9-14(16-2)10-12-15/h4-8,14H,3,9-12H2,1-2H3. The zero-order valence-electron chi connectivity index (χ0n) is 10.4. The van der Waals surface area contributed by atoms with Gasteiger partial charge in [-0.25, -0.2) is 0 Å². The van der Waals surface area contributed by atoms with Crippen molar-refractivity contribution in [1.82, 2.24) is 0 Å². The maximum absolute atomic E-state index is 5.46. The topological polar surface area (TPSA) is 9.23 Å². The van der Waals surface area contributed by atoms with Crippen molar-refractivity contribution >= 4 is 0 Å². The molecule has 0 bridgehead atoms. The normalized spacial score (nSPS) is 30.2. The van der Waals surface area contributed by atoms with Gasteiger partial charge in [0.15, 0.2) is 0 Å². The Kier molecular flexibility index (Phi) is 3.65. The Labute approximate surface area is 98.8 Å². The monoisotopic (exact) mass is 218 g/mol. The molecule has 0 radical (unpaired) electrons. The SMILES string of the molecule is CCC1(c2ccccc2)CCC(OC)CC1. The van der Waals surface area contributed by atoms with Crippen LogP contribution in [0.1, 0.15) is 44.6 Å². The van der Waals surface area contributed by atoms with Crippen LogP contribution in [0.5, 0.6) is 0 Å². The van der Waals surface area contributed by atoms with Crippen molar-refractivity contribution in [2.45, 2.75) is 50.5 Å². The lowest BCUT2D eigenvalue weighted by Crippen LogP contribution is -2.33. The summed E-state index contributed by atoms with van der Waals surface area (Å²) in [5.74, 6) is 0. The lowest BCUT2D eigenvalue weighted by atomic mass is 9.67. The van der Waals surface area contributed by atoms with E-state index in [0.29, 0.717) is 11.5 Å². The number of methoxy groups -OCH3 is 1. The van der Waals surface area contributed by atoms with Crippen LogP contribution in [0.25, 0.3) is 0 Å². The van der Waals surface area contributed by atoms with E-state index in [9.17, 15) is 0 Å². The predicted molar refractivity (Wildman–Crippen MR) is 67.7 cm³/mol. The maximum Gasteiger partial charge on any atom is 0.0572 e. The van der Waals surface area contributed by atoms with Gasteiger partial charge in [-0.15, -0.1) is 0 Å². The van der Waals surface area contributed by atoms with Gasteiger partial charge >= 0.3 is 0 Å². The molecule has 1 aromatic carbocycles. The van der Waals surface area contributed by atoms with Crippen molar-refractivity contribution in [3.05, 3.63) is 35.9 Å². The van der Waals surface area contributed by atoms with E-state index >= 15 is 0 Å². The smallest absolute Gasteiger partial charge is 0.0572 e. The summed E-state index contributed by atoms with van der Waals surface area (Å²) in [6.45, 7) is 2.32. The maximum atomic E-state index is 5.46. The second-order valence-corrected chi connectivity index (χ2v) is 4.93. The highest BCUT2D eigenvalue weighted by molar-refractivity contribution is 5.26. The molecule has 16 heavy (non-hydrogen) atoms. The van der Waals surface area contributed by atoms with E-state index in [1.54, 1.807) is 0 Å². The fourth-order valence-electron chi connectivity index (χ4n) is 3.02. The number of hydrogen-bond donors (Lipinski definition) is 0. The minimum Gasteiger partial charge on any atom is -0.381 e. The molecule has 0 aromatic heterocycles. The molecule has 0 aliphatic heterocycles. The van der Waals surface area contributed by atoms with E-state index in [1.807, 2.05) is 7.11 Å². The van der Waals surface area contributed by atoms with Gasteiger partial charge in [-0.1, -0.05) is 37.3 Å². The van der Waals surface area contributed by atoms with Crippen molar-refractivity contribution in [3.63, 3.8) is 0 Å². The first kappa shape index (κ1) is 11.7. The van der Waals surface area contributed by atoms with E-state index < -0.39 is 0 Å². The Balaban J connectivity index is 2.16. The lowest BCUT2D eigenvalue weighted by Gasteiger charge is -2.39. The molecule has 0 unspecified atom stereocenters. The molecule has 0 N–H and O–H groups in total. The summed E-state index contributed by atoms with van der Waals surface area (Å²) in [5.41, 5.74) is 1.93. The van der Waals surface area contributed by atoms with Crippen LogP contribution in [-0.4, -0.2) is 13.2 Å². The highest BCUT2D eigenvalue weighted by Crippen LogP contribution is 2.42. The average molecular weight is 218 g/mol. The van der Waals surface area contributed by atoms with E-state index in [-0.39, 0.29) is 0 Å². The third kappa shape index (κ3) is 2.15. The first-order valence-electron chi connectivity index (χ1n) is 6.39. The van der Waals surface area contributed by atoms with Crippen LogP contribution in [0.3, 0.4) is 0 Å². The van der Waals surface area contributed by atoms with Crippen molar-refractivity contribution in [2.24, 2.45) is 0 Å². The van der Waals surface area contributed by atoms with Crippen LogP contribution in [0.4, 0.5) is 0 Å². The summed E-state index contributed by atoms with van der Waals surface area (Å²) in [7, 11) is 1.84. The Bertz CT molecular complexity index is 309. The second kappa shape index (κ2) is 5.01. The van der Waals surface area contributed by atoms with Crippen molar-refractivity contribution in [1.29, 1.82) is 0 Å². The molecule has 88 valence electrons. The molecule has 1 aliphatic carbocycles. The third-order valence-electron chi connectivity index (χ3n) is 4.29. The Morgan fingerprint density at radius 1 is 1.19 bits per heavy atom. The quantitative estimate of drug-likeness (QED) is 0.747. The van der Waals surface area contributed by atoms with Gasteiger partial charge in [0.05, 0.1) is 6.10 Å². The molecule has 1 heteroatoms. The molecule has 1 aromatic rings. The third-order valence-corrected chi connectivity index (χ3v) is 4.29. The minimum atomic E-state index is 0.413. The van der Waals surface area contributed by atoms with Crippen molar-refractivity contribution < 1.29 is 4.74 Å². The van der Waals surface area contributed by atoms with Gasteiger partial charge in [-0.3, -0.25) is 0 Å². The molecule has 1 nitrogen and oxygen atoms in total. The average Bonchev–Trinajstić information content (AvgIpc) is 2.40. The van der Waals surface area contributed by atoms with E-state index in [2.05, 4.69) is 37.3 Å². The predicted octanol–water partition coefficient (Wildman–Crippen LogP) is 3.92. The summed E-state index contributed by atoms with van der Waals surface area (Å²) >= 11 is 0. The van der Waals surface area contributed by atoms with Gasteiger partial charge < -0.3 is 4.74 Å². The van der Waals surface area contributed by atoms with E-state index in [4.69, 9.17) is 4.74 Å². The van der Waals surface area contributed by atoms with E-state index in [1.165, 1.54) is 37.7 Å². The van der Waals surface area contributed by atoms with Gasteiger partial charge in [-0.05, 0) is 43.1 Å². The zero-order chi connectivity index (χ0) is 11.4. The second-order valence-electron chi connectivity index (χ2n) is 4.93. The zero-order valence-corrected chi connectivity index (χ0v) is 10.4. The number of hydrogen-bond acceptors (Lipinski definition) is 1. The summed E-state index contributed by atoms with van der Waals surface area (Å²) < 4.78 is 5.46. The van der Waals surface area contributed by atoms with Crippen LogP contribution in [0, 0.1) is 0 Å². The lowest BCUT2D eigenvalue weighted by molar-refractivity contribution is 0.0473. The summed E-state index contributed by atoms with van der Waals surface area (Å²) in [5, 5.41) is 0. The van der Waals surface area contributed by atoms with Crippen LogP contribution < -0.4 is 0 Å². The fourth-order valence-corrected chi connectivity index (χ4v) is 3.02. The van der Waals surface area contributed by atoms with Crippen LogP contribution in [-0.2, 0) is 10.2 Å². The van der Waals surface area contributed by atoms with E-state index in [0.717, 1.165) is 0 Å². The molecule has 1 fully saturated rings. The first-order valence-corrected chi connectivity index (χ1v) is 6.39. The summed E-state index contributed by atoms with van der Waals surface area (Å²) in [6.07, 6.45) is 6.69. The van der Waals surface area contributed by atoms with Gasteiger partial charge in [0.2, 0.25) is 0 Å². The van der Waals surface area contributed by atoms with Crippen LogP contribution in [0.2, 0.25) is 0 Å². The molecule has 0 heterocycles. The number of rotatable bonds is 3. The highest BCUT2D eigenvalue weighted by atomic mass is 16.5. The van der Waals surface area contributed by atoms with Gasteiger partial charge in [-0.2, -0.15) is 0 Å². The molecule has 1 aliphatic rings. The summed E-state index contributed by atoms with van der Waals surface area (Å²) in [6, 6.07) is 11.0. The first-order chi connectivity index (χ1) is 7.80. The molecule has 1 saturated carbocycles. The molecule has 0 amide bonds. The van der Waals surface area contributed by atoms with Gasteiger partial charge in [0.1, 0.15) is 0 Å². The molecular formula is C15H22O. The molecular weight excluding hydrogens is 196 g/mol.